The second-order valence-electron chi connectivity index (χ2n) is 7.15. The predicted molar refractivity (Wildman–Crippen MR) is 113 cm³/mol. The average Bonchev–Trinajstić information content (AvgIpc) is 2.77. The minimum atomic E-state index is -0.0374. The van der Waals surface area contributed by atoms with Crippen LogP contribution in [-0.4, -0.2) is 37.6 Å². The number of nitriles is 1. The molecule has 150 valence electrons. The van der Waals surface area contributed by atoms with Crippen molar-refractivity contribution in [1.29, 1.82) is 5.26 Å². The van der Waals surface area contributed by atoms with Crippen molar-refractivity contribution in [3.63, 3.8) is 0 Å². The average molecular weight is 390 g/mol. The van der Waals surface area contributed by atoms with Gasteiger partial charge in [0.25, 0.3) is 0 Å². The maximum atomic E-state index is 12.5. The Labute approximate surface area is 172 Å². The molecule has 0 saturated carbocycles. The van der Waals surface area contributed by atoms with Gasteiger partial charge in [-0.3, -0.25) is 4.79 Å². The molecule has 1 aliphatic rings. The summed E-state index contributed by atoms with van der Waals surface area (Å²) in [6, 6.07) is 17.9. The summed E-state index contributed by atoms with van der Waals surface area (Å²) in [5.74, 6) is 1.72. The number of hydrogen-bond donors (Lipinski definition) is 0. The Morgan fingerprint density at radius 3 is 2.62 bits per heavy atom. The molecule has 5 nitrogen and oxygen atoms in total. The number of carbonyl (C=O) groups excluding carboxylic acids is 1. The van der Waals surface area contributed by atoms with Crippen LogP contribution >= 0.6 is 0 Å². The highest BCUT2D eigenvalue weighted by Crippen LogP contribution is 2.28. The summed E-state index contributed by atoms with van der Waals surface area (Å²) >= 11 is 0. The summed E-state index contributed by atoms with van der Waals surface area (Å²) in [7, 11) is 1.55. The monoisotopic (exact) mass is 390 g/mol. The highest BCUT2D eigenvalue weighted by atomic mass is 16.5. The first-order valence-corrected chi connectivity index (χ1v) is 9.88. The molecule has 0 aliphatic carbocycles. The Balaban J connectivity index is 1.53. The van der Waals surface area contributed by atoms with Crippen LogP contribution in [0.1, 0.15) is 24.0 Å². The highest BCUT2D eigenvalue weighted by molar-refractivity contribution is 5.91. The summed E-state index contributed by atoms with van der Waals surface area (Å²) in [4.78, 5) is 14.5. The van der Waals surface area contributed by atoms with Crippen molar-refractivity contribution in [3.05, 3.63) is 65.7 Å². The number of methoxy groups -OCH3 is 1. The maximum Gasteiger partial charge on any atom is 0.246 e. The van der Waals surface area contributed by atoms with Gasteiger partial charge in [0.15, 0.2) is 18.1 Å². The molecule has 0 radical (unpaired) electrons. The maximum absolute atomic E-state index is 12.5. The van der Waals surface area contributed by atoms with Gasteiger partial charge in [0, 0.05) is 19.2 Å². The third-order valence-electron chi connectivity index (χ3n) is 5.19. The van der Waals surface area contributed by atoms with Gasteiger partial charge in [0.1, 0.15) is 6.07 Å². The highest BCUT2D eigenvalue weighted by Gasteiger charge is 2.21. The molecule has 1 fully saturated rings. The molecule has 0 bridgehead atoms. The molecule has 29 heavy (non-hydrogen) atoms. The van der Waals surface area contributed by atoms with Crippen molar-refractivity contribution in [2.24, 2.45) is 5.92 Å². The van der Waals surface area contributed by atoms with E-state index in [2.05, 4.69) is 24.3 Å². The number of rotatable bonds is 7. The van der Waals surface area contributed by atoms with Crippen LogP contribution in [0, 0.1) is 17.2 Å². The summed E-state index contributed by atoms with van der Waals surface area (Å²) in [6.07, 6.45) is 6.55. The first-order valence-electron chi connectivity index (χ1n) is 9.88. The van der Waals surface area contributed by atoms with E-state index in [0.29, 0.717) is 17.4 Å². The van der Waals surface area contributed by atoms with Crippen LogP contribution < -0.4 is 9.47 Å². The molecule has 1 saturated heterocycles. The van der Waals surface area contributed by atoms with E-state index in [-0.39, 0.29) is 12.5 Å². The fourth-order valence-electron chi connectivity index (χ4n) is 3.59. The van der Waals surface area contributed by atoms with Gasteiger partial charge in [-0.2, -0.15) is 5.26 Å². The molecule has 3 rings (SSSR count). The number of hydrogen-bond acceptors (Lipinski definition) is 4. The van der Waals surface area contributed by atoms with Gasteiger partial charge < -0.3 is 14.4 Å². The van der Waals surface area contributed by atoms with Gasteiger partial charge in [-0.1, -0.05) is 36.4 Å². The third kappa shape index (κ3) is 5.86. The number of piperidine rings is 1. The standard InChI is InChI=1S/C24H26N2O3/c1-28-23-18-20(7-9-22(23)29-16-13-25)8-10-24(27)26-14-11-21(12-15-26)17-19-5-3-2-4-6-19/h2-10,18,21H,11-12,14-17H2,1H3/b10-8+. The van der Waals surface area contributed by atoms with Gasteiger partial charge >= 0.3 is 0 Å². The van der Waals surface area contributed by atoms with Gasteiger partial charge in [-0.05, 0) is 54.5 Å². The largest absolute Gasteiger partial charge is 0.493 e. The number of carbonyl (C=O) groups is 1. The molecule has 0 N–H and O–H groups in total. The molecule has 5 heteroatoms. The number of amides is 1. The van der Waals surface area contributed by atoms with Crippen LogP contribution in [-0.2, 0) is 11.2 Å². The second-order valence-corrected chi connectivity index (χ2v) is 7.15. The van der Waals surface area contributed by atoms with E-state index in [9.17, 15) is 4.79 Å². The minimum absolute atomic E-state index is 0.0342. The SMILES string of the molecule is COc1cc(/C=C/C(=O)N2CCC(Cc3ccccc3)CC2)ccc1OCC#N. The Morgan fingerprint density at radius 1 is 1.17 bits per heavy atom. The Kier molecular flexibility index (Phi) is 7.29. The summed E-state index contributed by atoms with van der Waals surface area (Å²) < 4.78 is 10.6. The van der Waals surface area contributed by atoms with Crippen LogP contribution in [0.5, 0.6) is 11.5 Å². The van der Waals surface area contributed by atoms with Crippen LogP contribution in [0.25, 0.3) is 6.08 Å². The van der Waals surface area contributed by atoms with Crippen molar-refractivity contribution in [2.45, 2.75) is 19.3 Å². The van der Waals surface area contributed by atoms with Crippen molar-refractivity contribution >= 4 is 12.0 Å². The minimum Gasteiger partial charge on any atom is -0.493 e. The van der Waals surface area contributed by atoms with E-state index >= 15 is 0 Å². The molecule has 0 atom stereocenters. The van der Waals surface area contributed by atoms with Gasteiger partial charge in [-0.25, -0.2) is 0 Å². The Morgan fingerprint density at radius 2 is 1.93 bits per heavy atom. The zero-order chi connectivity index (χ0) is 20.5. The topological polar surface area (TPSA) is 62.6 Å². The van der Waals surface area contributed by atoms with Crippen molar-refractivity contribution in [3.8, 4) is 17.6 Å². The summed E-state index contributed by atoms with van der Waals surface area (Å²) in [6.45, 7) is 1.56. The lowest BCUT2D eigenvalue weighted by Crippen LogP contribution is -2.37. The number of nitrogens with zero attached hydrogens (tertiary/aromatic N) is 2. The molecule has 0 unspecified atom stereocenters. The molecule has 2 aromatic rings. The van der Waals surface area contributed by atoms with E-state index in [1.807, 2.05) is 23.1 Å². The quantitative estimate of drug-likeness (QED) is 0.668. The van der Waals surface area contributed by atoms with Crippen molar-refractivity contribution in [2.75, 3.05) is 26.8 Å². The predicted octanol–water partition coefficient (Wildman–Crippen LogP) is 4.09. The van der Waals surface area contributed by atoms with Gasteiger partial charge in [-0.15, -0.1) is 0 Å². The first kappa shape index (κ1) is 20.5. The molecule has 1 amide bonds. The second kappa shape index (κ2) is 10.3. The molecule has 0 spiro atoms. The van der Waals surface area contributed by atoms with E-state index in [1.165, 1.54) is 5.56 Å². The van der Waals surface area contributed by atoms with E-state index < -0.39 is 0 Å². The fourth-order valence-corrected chi connectivity index (χ4v) is 3.59. The number of likely N-dealkylation sites (tertiary alicyclic amines) is 1. The van der Waals surface area contributed by atoms with Crippen molar-refractivity contribution < 1.29 is 14.3 Å². The normalized spacial score (nSPS) is 14.6. The van der Waals surface area contributed by atoms with Crippen molar-refractivity contribution in [1.82, 2.24) is 4.90 Å². The molecule has 1 heterocycles. The lowest BCUT2D eigenvalue weighted by Gasteiger charge is -2.31. The summed E-state index contributed by atoms with van der Waals surface area (Å²) in [5.41, 5.74) is 2.21. The Hall–Kier alpha value is -3.26. The fraction of sp³-hybridized carbons (Fsp3) is 0.333. The van der Waals surface area contributed by atoms with Crippen LogP contribution in [0.15, 0.2) is 54.6 Å². The smallest absolute Gasteiger partial charge is 0.246 e. The van der Waals surface area contributed by atoms with E-state index in [1.54, 1.807) is 31.4 Å². The van der Waals surface area contributed by atoms with Crippen LogP contribution in [0.2, 0.25) is 0 Å². The van der Waals surface area contributed by atoms with E-state index in [4.69, 9.17) is 14.7 Å². The van der Waals surface area contributed by atoms with Gasteiger partial charge in [0.2, 0.25) is 5.91 Å². The first-order chi connectivity index (χ1) is 14.2. The van der Waals surface area contributed by atoms with E-state index in [0.717, 1.165) is 37.9 Å². The lowest BCUT2D eigenvalue weighted by molar-refractivity contribution is -0.127. The number of benzene rings is 2. The summed E-state index contributed by atoms with van der Waals surface area (Å²) in [5, 5.41) is 8.64. The molecule has 1 aliphatic heterocycles. The van der Waals surface area contributed by atoms with Crippen LogP contribution in [0.3, 0.4) is 0 Å². The van der Waals surface area contributed by atoms with Gasteiger partial charge in [0.05, 0.1) is 7.11 Å². The molecular weight excluding hydrogens is 364 g/mol. The Bertz CT molecular complexity index is 879. The third-order valence-corrected chi connectivity index (χ3v) is 5.19. The molecule has 0 aromatic heterocycles. The molecule has 2 aromatic carbocycles. The van der Waals surface area contributed by atoms with Crippen LogP contribution in [0.4, 0.5) is 0 Å². The zero-order valence-electron chi connectivity index (χ0n) is 16.7. The lowest BCUT2D eigenvalue weighted by atomic mass is 9.90. The number of ether oxygens (including phenoxy) is 2. The molecular formula is C24H26N2O3. The zero-order valence-corrected chi connectivity index (χ0v) is 16.7.